The number of nitrogens with two attached hydrogens (primary N) is 1. The van der Waals surface area contributed by atoms with Crippen molar-refractivity contribution >= 4 is 0 Å². The third-order valence-corrected chi connectivity index (χ3v) is 3.81. The molecule has 2 atom stereocenters. The van der Waals surface area contributed by atoms with Gasteiger partial charge in [-0.25, -0.2) is 0 Å². The van der Waals surface area contributed by atoms with Crippen molar-refractivity contribution in [2.75, 3.05) is 13.2 Å². The van der Waals surface area contributed by atoms with Gasteiger partial charge in [-0.2, -0.15) is 0 Å². The normalized spacial score (nSPS) is 29.0. The van der Waals surface area contributed by atoms with Gasteiger partial charge in [0.15, 0.2) is 0 Å². The van der Waals surface area contributed by atoms with Crippen LogP contribution in [0.25, 0.3) is 0 Å². The molecule has 0 amide bonds. The predicted octanol–water partition coefficient (Wildman–Crippen LogP) is 1.04. The van der Waals surface area contributed by atoms with Crippen molar-refractivity contribution in [1.82, 2.24) is 14.8 Å². The third-order valence-electron chi connectivity index (χ3n) is 3.81. The smallest absolute Gasteiger partial charge is 0.149 e. The molecule has 2 N–H and O–H groups in total. The number of hydrogen-bond donors (Lipinski definition) is 1. The van der Waals surface area contributed by atoms with Crippen molar-refractivity contribution in [2.45, 2.75) is 44.7 Å². The Hall–Kier alpha value is -0.940. The van der Waals surface area contributed by atoms with Crippen LogP contribution in [0, 0.1) is 5.92 Å². The van der Waals surface area contributed by atoms with E-state index in [2.05, 4.69) is 14.8 Å². The second-order valence-corrected chi connectivity index (χ2v) is 5.16. The summed E-state index contributed by atoms with van der Waals surface area (Å²) < 4.78 is 7.74. The van der Waals surface area contributed by atoms with E-state index in [1.807, 2.05) is 0 Å². The minimum Gasteiger partial charge on any atom is -0.381 e. The van der Waals surface area contributed by atoms with E-state index in [1.165, 1.54) is 12.8 Å². The molecule has 2 aliphatic rings. The molecule has 0 saturated carbocycles. The summed E-state index contributed by atoms with van der Waals surface area (Å²) in [5.41, 5.74) is 6.04. The highest BCUT2D eigenvalue weighted by atomic mass is 16.5. The summed E-state index contributed by atoms with van der Waals surface area (Å²) in [5, 5.41) is 8.57. The molecule has 1 aromatic heterocycles. The van der Waals surface area contributed by atoms with Crippen LogP contribution < -0.4 is 5.73 Å². The van der Waals surface area contributed by atoms with E-state index < -0.39 is 0 Å². The van der Waals surface area contributed by atoms with E-state index in [1.54, 1.807) is 0 Å². The summed E-state index contributed by atoms with van der Waals surface area (Å²) in [7, 11) is 0. The average Bonchev–Trinajstić information content (AvgIpc) is 2.76. The highest BCUT2D eigenvalue weighted by Gasteiger charge is 2.24. The molecule has 0 bridgehead atoms. The fraction of sp³-hybridized carbons (Fsp3) is 0.833. The summed E-state index contributed by atoms with van der Waals surface area (Å²) >= 11 is 0. The lowest BCUT2D eigenvalue weighted by Crippen LogP contribution is -2.25. The van der Waals surface area contributed by atoms with Gasteiger partial charge in [0, 0.05) is 26.2 Å². The summed E-state index contributed by atoms with van der Waals surface area (Å²) in [6.45, 7) is 2.81. The van der Waals surface area contributed by atoms with E-state index in [4.69, 9.17) is 10.5 Å². The summed E-state index contributed by atoms with van der Waals surface area (Å²) in [6, 6.07) is 0.0765. The van der Waals surface area contributed by atoms with E-state index >= 15 is 0 Å². The summed E-state index contributed by atoms with van der Waals surface area (Å²) in [6.07, 6.45) is 5.57. The van der Waals surface area contributed by atoms with E-state index in [9.17, 15) is 0 Å². The molecule has 0 spiro atoms. The maximum absolute atomic E-state index is 6.04. The van der Waals surface area contributed by atoms with Crippen LogP contribution in [0.1, 0.15) is 43.4 Å². The van der Waals surface area contributed by atoms with Gasteiger partial charge in [-0.1, -0.05) is 0 Å². The van der Waals surface area contributed by atoms with Crippen molar-refractivity contribution in [3.8, 4) is 0 Å². The maximum Gasteiger partial charge on any atom is 0.149 e. The first-order chi connectivity index (χ1) is 8.34. The Morgan fingerprint density at radius 3 is 3.06 bits per heavy atom. The van der Waals surface area contributed by atoms with Gasteiger partial charge in [-0.05, 0) is 31.6 Å². The molecule has 2 aliphatic heterocycles. The molecule has 5 nitrogen and oxygen atoms in total. The first-order valence-corrected chi connectivity index (χ1v) is 6.60. The second kappa shape index (κ2) is 4.74. The molecular formula is C12H20N4O. The number of hydrogen-bond acceptors (Lipinski definition) is 4. The molecule has 3 heterocycles. The van der Waals surface area contributed by atoms with Crippen LogP contribution in [0.4, 0.5) is 0 Å². The molecule has 0 radical (unpaired) electrons. The highest BCUT2D eigenvalue weighted by Crippen LogP contribution is 2.24. The van der Waals surface area contributed by atoms with Gasteiger partial charge in [0.2, 0.25) is 0 Å². The van der Waals surface area contributed by atoms with Crippen molar-refractivity contribution in [3.63, 3.8) is 0 Å². The van der Waals surface area contributed by atoms with Crippen molar-refractivity contribution in [1.29, 1.82) is 0 Å². The standard InChI is InChI=1S/C12H20N4O/c13-10-4-1-5-16-11(14-15-12(10)16)7-9-3-2-6-17-8-9/h9-10H,1-8,13H2. The maximum atomic E-state index is 6.04. The largest absolute Gasteiger partial charge is 0.381 e. The zero-order valence-corrected chi connectivity index (χ0v) is 10.1. The lowest BCUT2D eigenvalue weighted by molar-refractivity contribution is 0.0539. The molecule has 1 saturated heterocycles. The van der Waals surface area contributed by atoms with E-state index in [0.717, 1.165) is 50.7 Å². The van der Waals surface area contributed by atoms with Crippen molar-refractivity contribution < 1.29 is 4.74 Å². The van der Waals surface area contributed by atoms with Crippen LogP contribution in [-0.2, 0) is 17.7 Å². The number of nitrogens with zero attached hydrogens (tertiary/aromatic N) is 3. The van der Waals surface area contributed by atoms with Crippen LogP contribution in [0.15, 0.2) is 0 Å². The number of aromatic nitrogens is 3. The Kier molecular flexibility index (Phi) is 3.11. The molecule has 2 unspecified atom stereocenters. The Labute approximate surface area is 101 Å². The Morgan fingerprint density at radius 2 is 2.24 bits per heavy atom. The molecule has 1 aromatic rings. The summed E-state index contributed by atoms with van der Waals surface area (Å²) in [5.74, 6) is 2.68. The molecule has 3 rings (SSSR count). The van der Waals surface area contributed by atoms with Gasteiger partial charge in [0.25, 0.3) is 0 Å². The van der Waals surface area contributed by atoms with Gasteiger partial charge >= 0.3 is 0 Å². The predicted molar refractivity (Wildman–Crippen MR) is 63.4 cm³/mol. The van der Waals surface area contributed by atoms with Gasteiger partial charge in [0.1, 0.15) is 11.6 Å². The van der Waals surface area contributed by atoms with E-state index in [-0.39, 0.29) is 6.04 Å². The topological polar surface area (TPSA) is 66.0 Å². The lowest BCUT2D eigenvalue weighted by atomic mass is 9.98. The van der Waals surface area contributed by atoms with Gasteiger partial charge in [-0.3, -0.25) is 0 Å². The zero-order valence-electron chi connectivity index (χ0n) is 10.1. The van der Waals surface area contributed by atoms with Crippen molar-refractivity contribution in [2.24, 2.45) is 11.7 Å². The van der Waals surface area contributed by atoms with Crippen LogP contribution in [-0.4, -0.2) is 28.0 Å². The molecule has 1 fully saturated rings. The van der Waals surface area contributed by atoms with Gasteiger partial charge in [0.05, 0.1) is 6.04 Å². The SMILES string of the molecule is NC1CCCn2c(CC3CCCOC3)nnc21. The number of fused-ring (bicyclic) bond motifs is 1. The molecule has 5 heteroatoms. The first-order valence-electron chi connectivity index (χ1n) is 6.60. The van der Waals surface area contributed by atoms with E-state index in [0.29, 0.717) is 5.92 Å². The molecule has 17 heavy (non-hydrogen) atoms. The second-order valence-electron chi connectivity index (χ2n) is 5.16. The molecule has 94 valence electrons. The van der Waals surface area contributed by atoms with Gasteiger partial charge in [-0.15, -0.1) is 10.2 Å². The van der Waals surface area contributed by atoms with Crippen LogP contribution >= 0.6 is 0 Å². The van der Waals surface area contributed by atoms with Crippen LogP contribution in [0.5, 0.6) is 0 Å². The Bertz CT molecular complexity index is 384. The van der Waals surface area contributed by atoms with Crippen molar-refractivity contribution in [3.05, 3.63) is 11.6 Å². The monoisotopic (exact) mass is 236 g/mol. The highest BCUT2D eigenvalue weighted by molar-refractivity contribution is 5.04. The Balaban J connectivity index is 1.74. The number of rotatable bonds is 2. The minimum atomic E-state index is 0.0765. The molecular weight excluding hydrogens is 216 g/mol. The Morgan fingerprint density at radius 1 is 1.29 bits per heavy atom. The first kappa shape index (κ1) is 11.2. The zero-order chi connectivity index (χ0) is 11.7. The van der Waals surface area contributed by atoms with Crippen LogP contribution in [0.3, 0.4) is 0 Å². The third kappa shape index (κ3) is 2.21. The van der Waals surface area contributed by atoms with Gasteiger partial charge < -0.3 is 15.0 Å². The quantitative estimate of drug-likeness (QED) is 0.833. The fourth-order valence-corrected chi connectivity index (χ4v) is 2.84. The van der Waals surface area contributed by atoms with Crippen LogP contribution in [0.2, 0.25) is 0 Å². The average molecular weight is 236 g/mol. The molecule has 0 aliphatic carbocycles. The minimum absolute atomic E-state index is 0.0765. The lowest BCUT2D eigenvalue weighted by Gasteiger charge is -2.24. The molecule has 0 aromatic carbocycles. The fourth-order valence-electron chi connectivity index (χ4n) is 2.84. The summed E-state index contributed by atoms with van der Waals surface area (Å²) in [4.78, 5) is 0. The number of ether oxygens (including phenoxy) is 1.